The highest BCUT2D eigenvalue weighted by atomic mass is 16.5. The molecule has 0 radical (unpaired) electrons. The predicted molar refractivity (Wildman–Crippen MR) is 202 cm³/mol. The first-order valence-electron chi connectivity index (χ1n) is 17.7. The number of carbonyl (C=O) groups is 1. The van der Waals surface area contributed by atoms with Gasteiger partial charge in [0.25, 0.3) is 0 Å². The number of nitrogens with zero attached hydrogens (tertiary/aromatic N) is 4. The molecule has 0 aliphatic heterocycles. The Bertz CT molecular complexity index is 1320. The van der Waals surface area contributed by atoms with Gasteiger partial charge < -0.3 is 29.2 Å². The molecule has 0 bridgehead atoms. The summed E-state index contributed by atoms with van der Waals surface area (Å²) in [5.74, 6) is 3.10. The Morgan fingerprint density at radius 1 is 0.894 bits per heavy atom. The smallest absolute Gasteiger partial charge is 0.232 e. The molecule has 1 heterocycles. The Kier molecular flexibility index (Phi) is 18.5. The molecule has 266 valence electrons. The average molecular weight is 654 g/mol. The van der Waals surface area contributed by atoms with E-state index in [0.717, 1.165) is 53.6 Å². The molecule has 0 aliphatic carbocycles. The lowest BCUT2D eigenvalue weighted by Crippen LogP contribution is -2.46. The maximum absolute atomic E-state index is 13.8. The number of ether oxygens (including phenoxy) is 2. The van der Waals surface area contributed by atoms with Crippen molar-refractivity contribution in [3.63, 3.8) is 0 Å². The Morgan fingerprint density at radius 2 is 1.51 bits per heavy atom. The van der Waals surface area contributed by atoms with E-state index in [-0.39, 0.29) is 5.91 Å². The van der Waals surface area contributed by atoms with Gasteiger partial charge in [0.2, 0.25) is 11.9 Å². The van der Waals surface area contributed by atoms with Crippen LogP contribution in [-0.2, 0) is 16.8 Å². The van der Waals surface area contributed by atoms with Gasteiger partial charge in [-0.05, 0) is 89.0 Å². The fourth-order valence-electron chi connectivity index (χ4n) is 5.13. The Balaban J connectivity index is 0.000000863. The highest BCUT2D eigenvalue weighted by Crippen LogP contribution is 2.34. The van der Waals surface area contributed by atoms with Gasteiger partial charge in [-0.25, -0.2) is 4.98 Å². The van der Waals surface area contributed by atoms with E-state index in [0.29, 0.717) is 17.6 Å². The number of carbonyl (C=O) groups excluding carboxylic acids is 1. The standard InChI is InChI=1S/C29H42N4O3.C6H15N.C4H10/c1-10-33-25-15-21(29(6,7)27(34)32(17-19(2)3)18-20(4)5)11-13-23(25)30-28(33)31-24-14-12-22(35-8)16-26(24)36-9;1-4-6-7(3)5-2;1-3-4-2/h11-16,19-20H,10,17-18H2,1-9H3,(H,30,31);4-6H2,1-3H3;3-4H2,1-2H3. The van der Waals surface area contributed by atoms with Gasteiger partial charge in [0.1, 0.15) is 11.5 Å². The molecule has 0 spiro atoms. The van der Waals surface area contributed by atoms with Gasteiger partial charge in [-0.1, -0.05) is 74.3 Å². The highest BCUT2D eigenvalue weighted by molar-refractivity contribution is 5.90. The van der Waals surface area contributed by atoms with Crippen LogP contribution >= 0.6 is 0 Å². The van der Waals surface area contributed by atoms with E-state index in [9.17, 15) is 4.79 Å². The Hall–Kier alpha value is -3.26. The van der Waals surface area contributed by atoms with E-state index in [4.69, 9.17) is 14.5 Å². The van der Waals surface area contributed by atoms with Gasteiger partial charge in [-0.15, -0.1) is 0 Å². The number of methoxy groups -OCH3 is 2. The number of aromatic nitrogens is 2. The number of imidazole rings is 1. The zero-order valence-corrected chi connectivity index (χ0v) is 32.3. The van der Waals surface area contributed by atoms with Crippen LogP contribution in [0.25, 0.3) is 11.0 Å². The summed E-state index contributed by atoms with van der Waals surface area (Å²) in [6, 6.07) is 11.8. The maximum atomic E-state index is 13.8. The molecule has 0 saturated carbocycles. The van der Waals surface area contributed by atoms with E-state index >= 15 is 0 Å². The van der Waals surface area contributed by atoms with Crippen molar-refractivity contribution in [2.24, 2.45) is 11.8 Å². The SMILES string of the molecule is CCCC.CCCN(C)CC.CCn1c(Nc2ccc(OC)cc2OC)nc2ccc(C(C)(C)C(=O)N(CC(C)C)CC(C)C)cc21. The summed E-state index contributed by atoms with van der Waals surface area (Å²) in [6.45, 7) is 28.2. The number of unbranched alkanes of at least 4 members (excludes halogenated alkanes) is 1. The van der Waals surface area contributed by atoms with Crippen LogP contribution in [0.2, 0.25) is 0 Å². The minimum Gasteiger partial charge on any atom is -0.497 e. The number of anilines is 2. The topological polar surface area (TPSA) is 71.9 Å². The molecule has 8 nitrogen and oxygen atoms in total. The van der Waals surface area contributed by atoms with Gasteiger partial charge >= 0.3 is 0 Å². The van der Waals surface area contributed by atoms with Crippen LogP contribution in [0.15, 0.2) is 36.4 Å². The minimum atomic E-state index is -0.659. The Morgan fingerprint density at radius 3 is 1.96 bits per heavy atom. The third kappa shape index (κ3) is 12.7. The molecule has 0 unspecified atom stereocenters. The van der Waals surface area contributed by atoms with Crippen LogP contribution in [0.5, 0.6) is 11.5 Å². The molecular formula is C39H67N5O3. The second kappa shape index (κ2) is 20.9. The number of fused-ring (bicyclic) bond motifs is 1. The largest absolute Gasteiger partial charge is 0.497 e. The van der Waals surface area contributed by atoms with E-state index in [1.165, 1.54) is 32.4 Å². The molecule has 1 amide bonds. The summed E-state index contributed by atoms with van der Waals surface area (Å²) in [7, 11) is 5.41. The maximum Gasteiger partial charge on any atom is 0.232 e. The van der Waals surface area contributed by atoms with Gasteiger partial charge in [0, 0.05) is 25.7 Å². The molecular weight excluding hydrogens is 586 g/mol. The highest BCUT2D eigenvalue weighted by Gasteiger charge is 2.35. The molecule has 0 saturated heterocycles. The van der Waals surface area contributed by atoms with Crippen LogP contribution in [0, 0.1) is 11.8 Å². The lowest BCUT2D eigenvalue weighted by atomic mass is 9.82. The van der Waals surface area contributed by atoms with Crippen molar-refractivity contribution >= 4 is 28.6 Å². The number of benzene rings is 2. The third-order valence-electron chi connectivity index (χ3n) is 8.08. The van der Waals surface area contributed by atoms with Crippen molar-refractivity contribution in [2.75, 3.05) is 52.8 Å². The number of rotatable bonds is 15. The van der Waals surface area contributed by atoms with Gasteiger partial charge in [-0.3, -0.25) is 4.79 Å². The summed E-state index contributed by atoms with van der Waals surface area (Å²) in [5.41, 5.74) is 3.00. The number of hydrogen-bond donors (Lipinski definition) is 1. The van der Waals surface area contributed by atoms with Gasteiger partial charge in [0.15, 0.2) is 0 Å². The molecule has 1 N–H and O–H groups in total. The number of nitrogens with one attached hydrogen (secondary N) is 1. The van der Waals surface area contributed by atoms with Crippen LogP contribution < -0.4 is 14.8 Å². The zero-order chi connectivity index (χ0) is 35.7. The van der Waals surface area contributed by atoms with Gasteiger partial charge in [0.05, 0.1) is 36.4 Å². The van der Waals surface area contributed by atoms with E-state index in [2.05, 4.69) is 90.2 Å². The molecule has 0 fully saturated rings. The van der Waals surface area contributed by atoms with Crippen molar-refractivity contribution in [3.8, 4) is 11.5 Å². The minimum absolute atomic E-state index is 0.160. The van der Waals surface area contributed by atoms with Crippen molar-refractivity contribution in [1.29, 1.82) is 0 Å². The molecule has 47 heavy (non-hydrogen) atoms. The summed E-state index contributed by atoms with van der Waals surface area (Å²) in [6.07, 6.45) is 3.91. The molecule has 3 aromatic rings. The summed E-state index contributed by atoms with van der Waals surface area (Å²) >= 11 is 0. The number of amides is 1. The number of aryl methyl sites for hydroxylation is 1. The second-order valence-electron chi connectivity index (χ2n) is 13.6. The van der Waals surface area contributed by atoms with Crippen LogP contribution in [0.4, 0.5) is 11.6 Å². The quantitative estimate of drug-likeness (QED) is 0.176. The second-order valence-corrected chi connectivity index (χ2v) is 13.6. The Labute approximate surface area is 287 Å². The molecule has 8 heteroatoms. The number of hydrogen-bond acceptors (Lipinski definition) is 6. The molecule has 0 atom stereocenters. The predicted octanol–water partition coefficient (Wildman–Crippen LogP) is 9.39. The van der Waals surface area contributed by atoms with Crippen molar-refractivity contribution in [3.05, 3.63) is 42.0 Å². The van der Waals surface area contributed by atoms with E-state index in [1.807, 2.05) is 49.1 Å². The van der Waals surface area contributed by atoms with E-state index in [1.54, 1.807) is 14.2 Å². The first-order valence-corrected chi connectivity index (χ1v) is 17.7. The van der Waals surface area contributed by atoms with Crippen molar-refractivity contribution in [2.45, 2.75) is 107 Å². The fourth-order valence-corrected chi connectivity index (χ4v) is 5.13. The first kappa shape index (κ1) is 41.8. The average Bonchev–Trinajstić information content (AvgIpc) is 3.40. The third-order valence-corrected chi connectivity index (χ3v) is 8.08. The van der Waals surface area contributed by atoms with E-state index < -0.39 is 5.41 Å². The summed E-state index contributed by atoms with van der Waals surface area (Å²) < 4.78 is 13.0. The zero-order valence-electron chi connectivity index (χ0n) is 32.3. The fraction of sp³-hybridized carbons (Fsp3) is 0.641. The van der Waals surface area contributed by atoms with Crippen LogP contribution in [0.1, 0.15) is 101 Å². The lowest BCUT2D eigenvalue weighted by molar-refractivity contribution is -0.137. The van der Waals surface area contributed by atoms with Crippen molar-refractivity contribution < 1.29 is 14.3 Å². The van der Waals surface area contributed by atoms with Gasteiger partial charge in [-0.2, -0.15) is 0 Å². The molecule has 2 aromatic carbocycles. The lowest BCUT2D eigenvalue weighted by Gasteiger charge is -2.34. The monoisotopic (exact) mass is 654 g/mol. The molecule has 1 aromatic heterocycles. The summed E-state index contributed by atoms with van der Waals surface area (Å²) in [4.78, 5) is 22.9. The molecule has 0 aliphatic rings. The normalized spacial score (nSPS) is 11.3. The summed E-state index contributed by atoms with van der Waals surface area (Å²) in [5, 5.41) is 3.42. The first-order chi connectivity index (χ1) is 22.2. The van der Waals surface area contributed by atoms with Crippen LogP contribution in [0.3, 0.4) is 0 Å². The molecule has 3 rings (SSSR count). The van der Waals surface area contributed by atoms with Crippen molar-refractivity contribution in [1.82, 2.24) is 19.4 Å². The van der Waals surface area contributed by atoms with Crippen LogP contribution in [-0.4, -0.2) is 72.7 Å².